The van der Waals surface area contributed by atoms with Crippen molar-refractivity contribution in [2.45, 2.75) is 13.3 Å². The maximum absolute atomic E-state index is 11.1. The van der Waals surface area contributed by atoms with E-state index in [1.165, 1.54) is 12.5 Å². The zero-order valence-electron chi connectivity index (χ0n) is 17.7. The van der Waals surface area contributed by atoms with Gasteiger partial charge in [-0.3, -0.25) is 9.78 Å². The number of ether oxygens (including phenoxy) is 2. The lowest BCUT2D eigenvalue weighted by molar-refractivity contribution is -0.114. The molecule has 1 N–H and O–H groups in total. The van der Waals surface area contributed by atoms with Gasteiger partial charge in [0.2, 0.25) is 12.7 Å². The maximum atomic E-state index is 11.1. The second-order valence-electron chi connectivity index (χ2n) is 7.43. The summed E-state index contributed by atoms with van der Waals surface area (Å²) in [7, 11) is 2.08. The number of benzene rings is 2. The third kappa shape index (κ3) is 5.42. The molecule has 0 radical (unpaired) electrons. The van der Waals surface area contributed by atoms with E-state index in [9.17, 15) is 4.79 Å². The number of carbonyl (C=O) groups is 1. The molecule has 6 heteroatoms. The van der Waals surface area contributed by atoms with Crippen LogP contribution in [0, 0.1) is 0 Å². The summed E-state index contributed by atoms with van der Waals surface area (Å²) in [6, 6.07) is 17.9. The number of nitrogens with zero attached hydrogens (tertiary/aromatic N) is 2. The Hall–Kier alpha value is -3.80. The van der Waals surface area contributed by atoms with E-state index in [0.29, 0.717) is 6.79 Å². The second-order valence-corrected chi connectivity index (χ2v) is 7.43. The summed E-state index contributed by atoms with van der Waals surface area (Å²) in [5, 5.41) is 2.77. The molecular weight excluding hydrogens is 390 g/mol. The van der Waals surface area contributed by atoms with E-state index < -0.39 is 0 Å². The molecule has 3 aromatic rings. The van der Waals surface area contributed by atoms with Gasteiger partial charge in [-0.2, -0.15) is 0 Å². The molecule has 0 unspecified atom stereocenters. The minimum Gasteiger partial charge on any atom is -0.454 e. The summed E-state index contributed by atoms with van der Waals surface area (Å²) >= 11 is 0. The van der Waals surface area contributed by atoms with Gasteiger partial charge in [0.15, 0.2) is 11.5 Å². The number of fused-ring (bicyclic) bond motifs is 1. The van der Waals surface area contributed by atoms with Crippen LogP contribution in [0.1, 0.15) is 23.7 Å². The van der Waals surface area contributed by atoms with Gasteiger partial charge in [0.25, 0.3) is 0 Å². The molecule has 0 spiro atoms. The van der Waals surface area contributed by atoms with Gasteiger partial charge in [0.05, 0.1) is 5.69 Å². The highest BCUT2D eigenvalue weighted by Gasteiger charge is 2.13. The predicted octanol–water partition coefficient (Wildman–Crippen LogP) is 4.62. The van der Waals surface area contributed by atoms with E-state index in [0.717, 1.165) is 47.1 Å². The largest absolute Gasteiger partial charge is 0.454 e. The van der Waals surface area contributed by atoms with Crippen molar-refractivity contribution in [3.8, 4) is 11.5 Å². The van der Waals surface area contributed by atoms with Crippen LogP contribution in [0.25, 0.3) is 12.2 Å². The van der Waals surface area contributed by atoms with Crippen molar-refractivity contribution in [1.82, 2.24) is 4.98 Å². The predicted molar refractivity (Wildman–Crippen MR) is 123 cm³/mol. The van der Waals surface area contributed by atoms with Gasteiger partial charge in [-0.1, -0.05) is 24.3 Å². The Morgan fingerprint density at radius 1 is 1.06 bits per heavy atom. The lowest BCUT2D eigenvalue weighted by atomic mass is 10.1. The monoisotopic (exact) mass is 415 g/mol. The first-order valence-electron chi connectivity index (χ1n) is 10.2. The molecule has 0 saturated carbocycles. The Kier molecular flexibility index (Phi) is 6.17. The first-order valence-corrected chi connectivity index (χ1v) is 10.2. The van der Waals surface area contributed by atoms with Crippen molar-refractivity contribution < 1.29 is 14.3 Å². The Balaban J connectivity index is 1.37. The van der Waals surface area contributed by atoms with E-state index in [1.54, 1.807) is 0 Å². The van der Waals surface area contributed by atoms with E-state index >= 15 is 0 Å². The van der Waals surface area contributed by atoms with Crippen LogP contribution in [0.3, 0.4) is 0 Å². The van der Waals surface area contributed by atoms with E-state index in [-0.39, 0.29) is 5.91 Å². The topological polar surface area (TPSA) is 63.7 Å². The molecule has 31 heavy (non-hydrogen) atoms. The smallest absolute Gasteiger partial charge is 0.231 e. The van der Waals surface area contributed by atoms with Crippen LogP contribution in [0.4, 0.5) is 11.4 Å². The standard InChI is InChI=1S/C25H25N3O3/c1-18(29)27-21-7-3-19(4-8-21)5-9-22-16-23(11-13-26-22)28(2)14-12-20-6-10-24-25(15-20)31-17-30-24/h3-11,13,15-16H,12,14,17H2,1-2H3,(H,27,29)/b9-5+. The lowest BCUT2D eigenvalue weighted by Gasteiger charge is -2.19. The Bertz CT molecular complexity index is 1090. The first-order chi connectivity index (χ1) is 15.1. The number of rotatable bonds is 7. The Morgan fingerprint density at radius 3 is 2.68 bits per heavy atom. The van der Waals surface area contributed by atoms with Crippen molar-refractivity contribution in [2.75, 3.05) is 30.6 Å². The van der Waals surface area contributed by atoms with Gasteiger partial charge in [-0.05, 0) is 60.0 Å². The summed E-state index contributed by atoms with van der Waals surface area (Å²) < 4.78 is 10.8. The molecule has 0 saturated heterocycles. The zero-order chi connectivity index (χ0) is 21.6. The molecule has 1 aliphatic heterocycles. The summed E-state index contributed by atoms with van der Waals surface area (Å²) in [6.45, 7) is 2.67. The van der Waals surface area contributed by atoms with E-state index in [4.69, 9.17) is 9.47 Å². The molecule has 2 heterocycles. The molecular formula is C25H25N3O3. The number of nitrogens with one attached hydrogen (secondary N) is 1. The second kappa shape index (κ2) is 9.34. The number of amides is 1. The molecule has 1 amide bonds. The molecule has 1 aliphatic rings. The quantitative estimate of drug-likeness (QED) is 0.610. The maximum Gasteiger partial charge on any atom is 0.231 e. The number of anilines is 2. The lowest BCUT2D eigenvalue weighted by Crippen LogP contribution is -2.20. The number of likely N-dealkylation sites (N-methyl/N-ethyl adjacent to an activating group) is 1. The molecule has 0 atom stereocenters. The number of aromatic nitrogens is 1. The molecule has 1 aromatic heterocycles. The normalized spacial score (nSPS) is 12.2. The molecule has 0 aliphatic carbocycles. The SMILES string of the molecule is CC(=O)Nc1ccc(/C=C/c2cc(N(C)CCc3ccc4c(c3)OCO4)ccn2)cc1. The molecule has 0 bridgehead atoms. The van der Waals surface area contributed by atoms with Gasteiger partial charge in [0, 0.05) is 38.1 Å². The number of pyridine rings is 1. The minimum absolute atomic E-state index is 0.0769. The van der Waals surface area contributed by atoms with Crippen molar-refractivity contribution in [1.29, 1.82) is 0 Å². The zero-order valence-corrected chi connectivity index (χ0v) is 17.7. The fourth-order valence-corrected chi connectivity index (χ4v) is 3.35. The van der Waals surface area contributed by atoms with Crippen molar-refractivity contribution in [2.24, 2.45) is 0 Å². The van der Waals surface area contributed by atoms with Crippen LogP contribution in [0.5, 0.6) is 11.5 Å². The van der Waals surface area contributed by atoms with Crippen LogP contribution in [-0.4, -0.2) is 31.3 Å². The summed E-state index contributed by atoms with van der Waals surface area (Å²) in [6.07, 6.45) is 6.73. The van der Waals surface area contributed by atoms with E-state index in [1.807, 2.05) is 60.8 Å². The molecule has 2 aromatic carbocycles. The average molecular weight is 415 g/mol. The molecule has 4 rings (SSSR count). The summed E-state index contributed by atoms with van der Waals surface area (Å²) in [5.41, 5.74) is 5.04. The van der Waals surface area contributed by atoms with Crippen LogP contribution >= 0.6 is 0 Å². The van der Waals surface area contributed by atoms with Crippen molar-refractivity contribution >= 4 is 29.4 Å². The summed E-state index contributed by atoms with van der Waals surface area (Å²) in [4.78, 5) is 17.8. The first kappa shape index (κ1) is 20.5. The van der Waals surface area contributed by atoms with Crippen molar-refractivity contribution in [3.63, 3.8) is 0 Å². The van der Waals surface area contributed by atoms with Gasteiger partial charge >= 0.3 is 0 Å². The van der Waals surface area contributed by atoms with Crippen LogP contribution in [-0.2, 0) is 11.2 Å². The highest BCUT2D eigenvalue weighted by atomic mass is 16.7. The van der Waals surface area contributed by atoms with Crippen LogP contribution in [0.15, 0.2) is 60.8 Å². The Morgan fingerprint density at radius 2 is 1.87 bits per heavy atom. The van der Waals surface area contributed by atoms with Crippen LogP contribution in [0.2, 0.25) is 0 Å². The molecule has 158 valence electrons. The van der Waals surface area contributed by atoms with E-state index in [2.05, 4.69) is 34.4 Å². The van der Waals surface area contributed by atoms with Crippen molar-refractivity contribution in [3.05, 3.63) is 77.6 Å². The average Bonchev–Trinajstić information content (AvgIpc) is 3.25. The number of carbonyl (C=O) groups excluding carboxylic acids is 1. The van der Waals surface area contributed by atoms with Gasteiger partial charge in [-0.25, -0.2) is 0 Å². The fraction of sp³-hybridized carbons (Fsp3) is 0.200. The summed E-state index contributed by atoms with van der Waals surface area (Å²) in [5.74, 6) is 1.56. The highest BCUT2D eigenvalue weighted by molar-refractivity contribution is 5.88. The van der Waals surface area contributed by atoms with Gasteiger partial charge in [-0.15, -0.1) is 0 Å². The third-order valence-corrected chi connectivity index (χ3v) is 5.06. The Labute approximate surface area is 182 Å². The third-order valence-electron chi connectivity index (χ3n) is 5.06. The number of hydrogen-bond acceptors (Lipinski definition) is 5. The highest BCUT2D eigenvalue weighted by Crippen LogP contribution is 2.32. The number of hydrogen-bond donors (Lipinski definition) is 1. The van der Waals surface area contributed by atoms with Crippen LogP contribution < -0.4 is 19.7 Å². The van der Waals surface area contributed by atoms with Gasteiger partial charge < -0.3 is 19.7 Å². The molecule has 0 fully saturated rings. The minimum atomic E-state index is -0.0769. The van der Waals surface area contributed by atoms with Gasteiger partial charge in [0.1, 0.15) is 0 Å². The fourth-order valence-electron chi connectivity index (χ4n) is 3.35. The molecule has 6 nitrogen and oxygen atoms in total.